The molecule has 0 saturated carbocycles. The molecule has 7 heteroatoms. The Bertz CT molecular complexity index is 417. The SMILES string of the molecule is CN1C[C@@H](C(=O)NCCCn2cncn2)CC1=O. The van der Waals surface area contributed by atoms with E-state index in [-0.39, 0.29) is 17.7 Å². The maximum atomic E-state index is 11.8. The van der Waals surface area contributed by atoms with Crippen LogP contribution in [0.5, 0.6) is 0 Å². The van der Waals surface area contributed by atoms with Gasteiger partial charge in [0.15, 0.2) is 0 Å². The molecule has 1 N–H and O–H groups in total. The van der Waals surface area contributed by atoms with Crippen molar-refractivity contribution in [1.29, 1.82) is 0 Å². The molecule has 0 spiro atoms. The van der Waals surface area contributed by atoms with Gasteiger partial charge in [-0.2, -0.15) is 5.10 Å². The first-order chi connectivity index (χ1) is 8.66. The maximum absolute atomic E-state index is 11.8. The van der Waals surface area contributed by atoms with Gasteiger partial charge in [-0.15, -0.1) is 0 Å². The van der Waals surface area contributed by atoms with Gasteiger partial charge in [0, 0.05) is 33.1 Å². The molecule has 2 rings (SSSR count). The Kier molecular flexibility index (Phi) is 3.91. The molecule has 0 aliphatic carbocycles. The van der Waals surface area contributed by atoms with Crippen molar-refractivity contribution in [2.75, 3.05) is 20.1 Å². The standard InChI is InChI=1S/C11H17N5O2/c1-15-6-9(5-10(15)17)11(18)13-3-2-4-16-8-12-7-14-16/h7-9H,2-6H2,1H3,(H,13,18)/t9-/m0/s1. The average Bonchev–Trinajstić information content (AvgIpc) is 2.96. The Morgan fingerprint density at radius 3 is 3.06 bits per heavy atom. The van der Waals surface area contributed by atoms with E-state index in [9.17, 15) is 9.59 Å². The molecule has 2 amide bonds. The quantitative estimate of drug-likeness (QED) is 0.699. The zero-order chi connectivity index (χ0) is 13.0. The van der Waals surface area contributed by atoms with Gasteiger partial charge in [-0.25, -0.2) is 4.98 Å². The summed E-state index contributed by atoms with van der Waals surface area (Å²) in [6, 6.07) is 0. The van der Waals surface area contributed by atoms with Gasteiger partial charge in [-0.05, 0) is 6.42 Å². The number of hydrogen-bond donors (Lipinski definition) is 1. The summed E-state index contributed by atoms with van der Waals surface area (Å²) in [4.78, 5) is 28.5. The first-order valence-corrected chi connectivity index (χ1v) is 6.01. The summed E-state index contributed by atoms with van der Waals surface area (Å²) in [6.45, 7) is 1.84. The van der Waals surface area contributed by atoms with Gasteiger partial charge in [0.2, 0.25) is 11.8 Å². The minimum absolute atomic E-state index is 0.0358. The molecule has 7 nitrogen and oxygen atoms in total. The van der Waals surface area contributed by atoms with Crippen molar-refractivity contribution >= 4 is 11.8 Å². The van der Waals surface area contributed by atoms with Crippen molar-refractivity contribution < 1.29 is 9.59 Å². The van der Waals surface area contributed by atoms with E-state index in [0.29, 0.717) is 19.5 Å². The van der Waals surface area contributed by atoms with Crippen LogP contribution in [0.1, 0.15) is 12.8 Å². The van der Waals surface area contributed by atoms with Crippen LogP contribution >= 0.6 is 0 Å². The molecule has 1 fully saturated rings. The summed E-state index contributed by atoms with van der Waals surface area (Å²) >= 11 is 0. The van der Waals surface area contributed by atoms with E-state index in [2.05, 4.69) is 15.4 Å². The third-order valence-electron chi connectivity index (χ3n) is 3.04. The number of amides is 2. The van der Waals surface area contributed by atoms with Crippen LogP contribution in [0.2, 0.25) is 0 Å². The highest BCUT2D eigenvalue weighted by atomic mass is 16.2. The molecule has 2 heterocycles. The largest absolute Gasteiger partial charge is 0.356 e. The summed E-state index contributed by atoms with van der Waals surface area (Å²) in [7, 11) is 1.72. The Labute approximate surface area is 105 Å². The number of hydrogen-bond acceptors (Lipinski definition) is 4. The maximum Gasteiger partial charge on any atom is 0.225 e. The fourth-order valence-corrected chi connectivity index (χ4v) is 1.98. The molecule has 1 saturated heterocycles. The van der Waals surface area contributed by atoms with E-state index in [1.807, 2.05) is 0 Å². The number of carbonyl (C=O) groups is 2. The Morgan fingerprint density at radius 1 is 1.61 bits per heavy atom. The molecule has 0 bridgehead atoms. The van der Waals surface area contributed by atoms with Crippen molar-refractivity contribution in [3.8, 4) is 0 Å². The molecule has 1 aromatic heterocycles. The summed E-state index contributed by atoms with van der Waals surface area (Å²) in [5.74, 6) is -0.196. The van der Waals surface area contributed by atoms with E-state index in [1.165, 1.54) is 6.33 Å². The lowest BCUT2D eigenvalue weighted by atomic mass is 10.1. The lowest BCUT2D eigenvalue weighted by Crippen LogP contribution is -2.33. The van der Waals surface area contributed by atoms with E-state index < -0.39 is 0 Å². The van der Waals surface area contributed by atoms with Gasteiger partial charge in [0.25, 0.3) is 0 Å². The average molecular weight is 251 g/mol. The van der Waals surface area contributed by atoms with Gasteiger partial charge in [-0.1, -0.05) is 0 Å². The molecule has 0 unspecified atom stereocenters. The van der Waals surface area contributed by atoms with Crippen molar-refractivity contribution in [3.05, 3.63) is 12.7 Å². The highest BCUT2D eigenvalue weighted by molar-refractivity contribution is 5.89. The van der Waals surface area contributed by atoms with Crippen molar-refractivity contribution in [1.82, 2.24) is 25.0 Å². The van der Waals surface area contributed by atoms with Crippen LogP contribution < -0.4 is 5.32 Å². The van der Waals surface area contributed by atoms with E-state index >= 15 is 0 Å². The van der Waals surface area contributed by atoms with Gasteiger partial charge < -0.3 is 10.2 Å². The fraction of sp³-hybridized carbons (Fsp3) is 0.636. The second-order valence-corrected chi connectivity index (χ2v) is 4.48. The van der Waals surface area contributed by atoms with Crippen molar-refractivity contribution in [2.45, 2.75) is 19.4 Å². The minimum Gasteiger partial charge on any atom is -0.356 e. The van der Waals surface area contributed by atoms with Crippen molar-refractivity contribution in [3.63, 3.8) is 0 Å². The molecule has 1 atom stereocenters. The van der Waals surface area contributed by atoms with E-state index in [4.69, 9.17) is 0 Å². The first-order valence-electron chi connectivity index (χ1n) is 6.01. The number of aromatic nitrogens is 3. The lowest BCUT2D eigenvalue weighted by molar-refractivity contribution is -0.128. The first kappa shape index (κ1) is 12.5. The number of nitrogens with zero attached hydrogens (tertiary/aromatic N) is 4. The second-order valence-electron chi connectivity index (χ2n) is 4.48. The van der Waals surface area contributed by atoms with E-state index in [1.54, 1.807) is 23.0 Å². The summed E-state index contributed by atoms with van der Waals surface area (Å²) < 4.78 is 1.72. The third-order valence-corrected chi connectivity index (χ3v) is 3.04. The van der Waals surface area contributed by atoms with Crippen molar-refractivity contribution in [2.24, 2.45) is 5.92 Å². The molecule has 0 radical (unpaired) electrons. The van der Waals surface area contributed by atoms with Crippen LogP contribution in [0.3, 0.4) is 0 Å². The minimum atomic E-state index is -0.200. The Hall–Kier alpha value is -1.92. The zero-order valence-electron chi connectivity index (χ0n) is 10.4. The third kappa shape index (κ3) is 3.06. The molecular weight excluding hydrogens is 234 g/mol. The molecule has 1 aliphatic heterocycles. The molecule has 18 heavy (non-hydrogen) atoms. The molecular formula is C11H17N5O2. The predicted molar refractivity (Wildman–Crippen MR) is 63.4 cm³/mol. The number of carbonyl (C=O) groups excluding carboxylic acids is 2. The molecule has 1 aliphatic rings. The number of likely N-dealkylation sites (tertiary alicyclic amines) is 1. The Morgan fingerprint density at radius 2 is 2.44 bits per heavy atom. The molecule has 0 aromatic carbocycles. The monoisotopic (exact) mass is 251 g/mol. The van der Waals surface area contributed by atoms with Crippen LogP contribution in [0.15, 0.2) is 12.7 Å². The summed E-state index contributed by atoms with van der Waals surface area (Å²) in [6.07, 6.45) is 4.25. The predicted octanol–water partition coefficient (Wildman–Crippen LogP) is -0.737. The zero-order valence-corrected chi connectivity index (χ0v) is 10.4. The van der Waals surface area contributed by atoms with Gasteiger partial charge in [-0.3, -0.25) is 14.3 Å². The van der Waals surface area contributed by atoms with Crippen LogP contribution in [-0.2, 0) is 16.1 Å². The Balaban J connectivity index is 1.65. The number of nitrogens with one attached hydrogen (secondary N) is 1. The number of aryl methyl sites for hydroxylation is 1. The van der Waals surface area contributed by atoms with Crippen LogP contribution in [0.25, 0.3) is 0 Å². The normalized spacial score (nSPS) is 19.3. The van der Waals surface area contributed by atoms with Crippen LogP contribution in [0, 0.1) is 5.92 Å². The van der Waals surface area contributed by atoms with Crippen LogP contribution in [0.4, 0.5) is 0 Å². The highest BCUT2D eigenvalue weighted by Crippen LogP contribution is 2.15. The second kappa shape index (κ2) is 5.61. The smallest absolute Gasteiger partial charge is 0.225 e. The molecule has 98 valence electrons. The summed E-state index contributed by atoms with van der Waals surface area (Å²) in [5, 5.41) is 6.82. The van der Waals surface area contributed by atoms with E-state index in [0.717, 1.165) is 13.0 Å². The lowest BCUT2D eigenvalue weighted by Gasteiger charge is -2.10. The number of rotatable bonds is 5. The van der Waals surface area contributed by atoms with Crippen LogP contribution in [-0.4, -0.2) is 51.6 Å². The van der Waals surface area contributed by atoms with Gasteiger partial charge in [0.05, 0.1) is 5.92 Å². The fourth-order valence-electron chi connectivity index (χ4n) is 1.98. The highest BCUT2D eigenvalue weighted by Gasteiger charge is 2.31. The summed E-state index contributed by atoms with van der Waals surface area (Å²) in [5.41, 5.74) is 0. The van der Waals surface area contributed by atoms with Gasteiger partial charge in [0.1, 0.15) is 12.7 Å². The van der Waals surface area contributed by atoms with Gasteiger partial charge >= 0.3 is 0 Å². The molecule has 1 aromatic rings. The topological polar surface area (TPSA) is 80.1 Å².